The lowest BCUT2D eigenvalue weighted by molar-refractivity contribution is -0.135. The van der Waals surface area contributed by atoms with E-state index in [2.05, 4.69) is 29.2 Å². The molecule has 198 valence electrons. The Morgan fingerprint density at radius 3 is 2.34 bits per heavy atom. The minimum atomic E-state index is -0.533. The van der Waals surface area contributed by atoms with Crippen LogP contribution in [-0.4, -0.2) is 70.3 Å². The molecule has 2 aromatic rings. The highest BCUT2D eigenvalue weighted by Crippen LogP contribution is 2.35. The number of amides is 2. The van der Waals surface area contributed by atoms with Crippen molar-refractivity contribution in [3.63, 3.8) is 0 Å². The van der Waals surface area contributed by atoms with Gasteiger partial charge in [-0.15, -0.1) is 0 Å². The lowest BCUT2D eigenvalue weighted by atomic mass is 9.92. The van der Waals surface area contributed by atoms with Crippen LogP contribution in [0.4, 0.5) is 0 Å². The number of ether oxygens (including phenoxy) is 1. The van der Waals surface area contributed by atoms with Crippen LogP contribution in [0.1, 0.15) is 59.2 Å². The van der Waals surface area contributed by atoms with Gasteiger partial charge in [0.1, 0.15) is 18.1 Å². The number of piperazine rings is 1. The molecule has 2 aromatic carbocycles. The van der Waals surface area contributed by atoms with Crippen molar-refractivity contribution in [2.75, 3.05) is 26.2 Å². The highest BCUT2D eigenvalue weighted by molar-refractivity contribution is 6.07. The van der Waals surface area contributed by atoms with Crippen molar-refractivity contribution in [2.24, 2.45) is 5.92 Å². The first-order valence-corrected chi connectivity index (χ1v) is 13.7. The number of fused-ring (bicyclic) bond motifs is 1. The summed E-state index contributed by atoms with van der Waals surface area (Å²) in [4.78, 5) is 55.4. The third kappa shape index (κ3) is 5.10. The van der Waals surface area contributed by atoms with Gasteiger partial charge in [-0.25, -0.2) is 0 Å². The zero-order valence-electron chi connectivity index (χ0n) is 21.6. The molecule has 6 rings (SSSR count). The van der Waals surface area contributed by atoms with Crippen molar-refractivity contribution >= 4 is 23.4 Å². The molecule has 2 heterocycles. The van der Waals surface area contributed by atoms with Crippen LogP contribution in [-0.2, 0) is 34.1 Å². The summed E-state index contributed by atoms with van der Waals surface area (Å²) in [5.74, 6) is 0.905. The summed E-state index contributed by atoms with van der Waals surface area (Å²) in [6.45, 7) is 5.01. The molecule has 4 aliphatic rings. The number of hydrogen-bond acceptors (Lipinski definition) is 6. The van der Waals surface area contributed by atoms with Crippen LogP contribution in [0.3, 0.4) is 0 Å². The van der Waals surface area contributed by atoms with E-state index in [1.54, 1.807) is 11.0 Å². The van der Waals surface area contributed by atoms with E-state index in [1.807, 2.05) is 17.0 Å². The topological polar surface area (TPSA) is 87.2 Å². The van der Waals surface area contributed by atoms with Gasteiger partial charge in [0.25, 0.3) is 5.91 Å². The molecule has 1 atom stereocenters. The normalized spacial score (nSPS) is 22.1. The first-order chi connectivity index (χ1) is 18.5. The van der Waals surface area contributed by atoms with E-state index >= 15 is 0 Å². The van der Waals surface area contributed by atoms with E-state index in [4.69, 9.17) is 4.74 Å². The van der Waals surface area contributed by atoms with Crippen LogP contribution in [0, 0.1) is 5.92 Å². The number of carbonyl (C=O) groups is 4. The fraction of sp³-hybridized carbons (Fsp3) is 0.467. The van der Waals surface area contributed by atoms with Gasteiger partial charge < -0.3 is 14.5 Å². The SMILES string of the molecule is O=C1CCC(N2Cc3c(OCc4ccc(CN5CCN(C(=O)C6CC6)CC5)cc4)cccc3C2=O)C(=O)C1. The summed E-state index contributed by atoms with van der Waals surface area (Å²) < 4.78 is 6.15. The second kappa shape index (κ2) is 10.3. The van der Waals surface area contributed by atoms with E-state index in [9.17, 15) is 19.2 Å². The third-order valence-electron chi connectivity index (χ3n) is 8.20. The maximum absolute atomic E-state index is 13.0. The number of Topliss-reactive ketones (excluding diaryl/α,β-unsaturated/α-hetero) is 2. The average Bonchev–Trinajstić information content (AvgIpc) is 3.72. The molecular weight excluding hydrogens is 482 g/mol. The molecule has 2 saturated carbocycles. The van der Waals surface area contributed by atoms with Crippen molar-refractivity contribution < 1.29 is 23.9 Å². The van der Waals surface area contributed by atoms with Gasteiger partial charge in [0, 0.05) is 56.2 Å². The van der Waals surface area contributed by atoms with Crippen LogP contribution in [0.5, 0.6) is 5.75 Å². The zero-order chi connectivity index (χ0) is 26.2. The van der Waals surface area contributed by atoms with E-state index < -0.39 is 6.04 Å². The quantitative estimate of drug-likeness (QED) is 0.527. The molecule has 0 radical (unpaired) electrons. The van der Waals surface area contributed by atoms with Crippen LogP contribution in [0.25, 0.3) is 0 Å². The molecule has 0 spiro atoms. The number of benzene rings is 2. The van der Waals surface area contributed by atoms with E-state index in [1.165, 1.54) is 5.56 Å². The second-order valence-electron chi connectivity index (χ2n) is 10.9. The third-order valence-corrected chi connectivity index (χ3v) is 8.20. The number of nitrogens with zero attached hydrogens (tertiary/aromatic N) is 3. The zero-order valence-corrected chi connectivity index (χ0v) is 21.6. The minimum absolute atomic E-state index is 0.0478. The largest absolute Gasteiger partial charge is 0.489 e. The highest BCUT2D eigenvalue weighted by atomic mass is 16.5. The summed E-state index contributed by atoms with van der Waals surface area (Å²) in [5, 5.41) is 0. The summed E-state index contributed by atoms with van der Waals surface area (Å²) >= 11 is 0. The van der Waals surface area contributed by atoms with Crippen LogP contribution in [0.2, 0.25) is 0 Å². The lowest BCUT2D eigenvalue weighted by Crippen LogP contribution is -2.48. The number of rotatable bonds is 7. The van der Waals surface area contributed by atoms with Gasteiger partial charge in [0.05, 0.1) is 19.0 Å². The Bertz CT molecular complexity index is 1260. The fourth-order valence-corrected chi connectivity index (χ4v) is 5.78. The molecule has 0 N–H and O–H groups in total. The number of carbonyl (C=O) groups excluding carboxylic acids is 4. The van der Waals surface area contributed by atoms with Crippen molar-refractivity contribution in [1.29, 1.82) is 0 Å². The van der Waals surface area contributed by atoms with Crippen LogP contribution in [0.15, 0.2) is 42.5 Å². The van der Waals surface area contributed by atoms with Crippen LogP contribution >= 0.6 is 0 Å². The molecule has 8 heteroatoms. The number of ketones is 2. The molecule has 2 amide bonds. The Kier molecular flexibility index (Phi) is 6.74. The summed E-state index contributed by atoms with van der Waals surface area (Å²) in [7, 11) is 0. The molecule has 0 bridgehead atoms. The molecule has 3 fully saturated rings. The van der Waals surface area contributed by atoms with Gasteiger partial charge in [-0.2, -0.15) is 0 Å². The van der Waals surface area contributed by atoms with E-state index in [-0.39, 0.29) is 23.9 Å². The standard InChI is InChI=1S/C30H33N3O5/c34-23-10-11-26(27(35)16-23)33-18-25-24(30(33)37)2-1-3-28(25)38-19-21-6-4-20(5-7-21)17-31-12-14-32(15-13-31)29(36)22-8-9-22/h1-7,22,26H,8-19H2. The van der Waals surface area contributed by atoms with Gasteiger partial charge >= 0.3 is 0 Å². The molecule has 2 aliphatic carbocycles. The summed E-state index contributed by atoms with van der Waals surface area (Å²) in [6.07, 6.45) is 2.77. The second-order valence-corrected chi connectivity index (χ2v) is 10.9. The van der Waals surface area contributed by atoms with Crippen molar-refractivity contribution in [3.8, 4) is 5.75 Å². The predicted molar refractivity (Wildman–Crippen MR) is 139 cm³/mol. The van der Waals surface area contributed by atoms with Crippen molar-refractivity contribution in [1.82, 2.24) is 14.7 Å². The van der Waals surface area contributed by atoms with Gasteiger partial charge in [0.15, 0.2) is 5.78 Å². The van der Waals surface area contributed by atoms with E-state index in [0.29, 0.717) is 49.1 Å². The fourth-order valence-electron chi connectivity index (χ4n) is 5.78. The first-order valence-electron chi connectivity index (χ1n) is 13.7. The summed E-state index contributed by atoms with van der Waals surface area (Å²) in [5.41, 5.74) is 3.64. The highest BCUT2D eigenvalue weighted by Gasteiger charge is 2.40. The molecule has 38 heavy (non-hydrogen) atoms. The predicted octanol–water partition coefficient (Wildman–Crippen LogP) is 2.97. The monoisotopic (exact) mass is 515 g/mol. The Labute approximate surface area is 222 Å². The van der Waals surface area contributed by atoms with Gasteiger partial charge in [-0.3, -0.25) is 24.1 Å². The van der Waals surface area contributed by atoms with Crippen LogP contribution < -0.4 is 4.74 Å². The summed E-state index contributed by atoms with van der Waals surface area (Å²) in [6, 6.07) is 13.3. The smallest absolute Gasteiger partial charge is 0.255 e. The maximum Gasteiger partial charge on any atom is 0.255 e. The first kappa shape index (κ1) is 24.8. The molecular formula is C30H33N3O5. The van der Waals surface area contributed by atoms with Gasteiger partial charge in [-0.05, 0) is 42.5 Å². The Morgan fingerprint density at radius 1 is 0.895 bits per heavy atom. The lowest BCUT2D eigenvalue weighted by Gasteiger charge is -2.35. The molecule has 1 unspecified atom stereocenters. The van der Waals surface area contributed by atoms with Gasteiger partial charge in [0.2, 0.25) is 5.91 Å². The Morgan fingerprint density at radius 2 is 1.63 bits per heavy atom. The Balaban J connectivity index is 1.03. The molecule has 2 aliphatic heterocycles. The minimum Gasteiger partial charge on any atom is -0.489 e. The van der Waals surface area contributed by atoms with Crippen molar-refractivity contribution in [3.05, 3.63) is 64.7 Å². The van der Waals surface area contributed by atoms with Gasteiger partial charge in [-0.1, -0.05) is 30.3 Å². The van der Waals surface area contributed by atoms with E-state index in [0.717, 1.165) is 56.7 Å². The number of hydrogen-bond donors (Lipinski definition) is 0. The molecule has 8 nitrogen and oxygen atoms in total. The maximum atomic E-state index is 13.0. The molecule has 1 saturated heterocycles. The average molecular weight is 516 g/mol. The molecule has 0 aromatic heterocycles. The Hall–Kier alpha value is -3.52. The van der Waals surface area contributed by atoms with Crippen molar-refractivity contribution in [2.45, 2.75) is 57.8 Å².